The highest BCUT2D eigenvalue weighted by molar-refractivity contribution is 5.65. The molecule has 0 spiro atoms. The molecule has 0 saturated carbocycles. The van der Waals surface area contributed by atoms with Crippen molar-refractivity contribution in [3.05, 3.63) is 66.0 Å². The van der Waals surface area contributed by atoms with Gasteiger partial charge < -0.3 is 19.3 Å². The summed E-state index contributed by atoms with van der Waals surface area (Å²) in [4.78, 5) is 0. The van der Waals surface area contributed by atoms with Gasteiger partial charge in [0.1, 0.15) is 5.75 Å². The molecule has 2 fully saturated rings. The molecule has 0 radical (unpaired) electrons. The molecule has 0 aliphatic carbocycles. The molecule has 3 aromatic rings. The van der Waals surface area contributed by atoms with Gasteiger partial charge in [-0.3, -0.25) is 0 Å². The normalized spacial score (nSPS) is 25.9. The lowest BCUT2D eigenvalue weighted by atomic mass is 9.88. The lowest BCUT2D eigenvalue weighted by Gasteiger charge is -2.45. The van der Waals surface area contributed by atoms with Crippen molar-refractivity contribution >= 4 is 0 Å². The Morgan fingerprint density at radius 3 is 2.67 bits per heavy atom. The van der Waals surface area contributed by atoms with Gasteiger partial charge in [-0.1, -0.05) is 55.0 Å². The fourth-order valence-corrected chi connectivity index (χ4v) is 5.50. The van der Waals surface area contributed by atoms with E-state index in [9.17, 15) is 5.11 Å². The highest BCUT2D eigenvalue weighted by Crippen LogP contribution is 2.38. The SMILES string of the molecule is CCCc1cn([C@H]2C[C@@H]3O[C@@H](CO)CC[C@@H]3O[C@@H]2CCc2ccc(-c3cccc(OC)c3)cc2)nn1. The molecule has 2 aliphatic heterocycles. The number of rotatable bonds is 9. The van der Waals surface area contributed by atoms with Crippen molar-refractivity contribution < 1.29 is 19.3 Å². The summed E-state index contributed by atoms with van der Waals surface area (Å²) in [6, 6.07) is 17.0. The van der Waals surface area contributed by atoms with Gasteiger partial charge in [0.15, 0.2) is 0 Å². The Balaban J connectivity index is 1.29. The van der Waals surface area contributed by atoms with E-state index in [2.05, 4.69) is 59.8 Å². The van der Waals surface area contributed by atoms with Crippen LogP contribution in [-0.2, 0) is 22.3 Å². The summed E-state index contributed by atoms with van der Waals surface area (Å²) < 4.78 is 20.2. The zero-order valence-corrected chi connectivity index (χ0v) is 21.3. The average molecular weight is 492 g/mol. The van der Waals surface area contributed by atoms with E-state index in [1.165, 1.54) is 11.1 Å². The van der Waals surface area contributed by atoms with Crippen LogP contribution < -0.4 is 4.74 Å². The minimum atomic E-state index is -0.0958. The van der Waals surface area contributed by atoms with Gasteiger partial charge in [0, 0.05) is 12.6 Å². The summed E-state index contributed by atoms with van der Waals surface area (Å²) in [5, 5.41) is 18.5. The molecule has 0 amide bonds. The molecule has 1 aromatic heterocycles. The summed E-state index contributed by atoms with van der Waals surface area (Å²) in [5.41, 5.74) is 4.63. The van der Waals surface area contributed by atoms with E-state index in [1.54, 1.807) is 7.11 Å². The third-order valence-electron chi connectivity index (χ3n) is 7.49. The molecular weight excluding hydrogens is 454 g/mol. The quantitative estimate of drug-likeness (QED) is 0.464. The van der Waals surface area contributed by atoms with Gasteiger partial charge in [0.25, 0.3) is 0 Å². The number of nitrogens with zero attached hydrogens (tertiary/aromatic N) is 3. The first-order chi connectivity index (χ1) is 17.7. The number of ether oxygens (including phenoxy) is 3. The molecule has 2 aliphatic rings. The Kier molecular flexibility index (Phi) is 7.99. The molecule has 5 atom stereocenters. The van der Waals surface area contributed by atoms with Crippen LogP contribution in [0.25, 0.3) is 11.1 Å². The van der Waals surface area contributed by atoms with Crippen LogP contribution in [0.15, 0.2) is 54.7 Å². The number of aliphatic hydroxyl groups excluding tert-OH is 1. The monoisotopic (exact) mass is 491 g/mol. The summed E-state index contributed by atoms with van der Waals surface area (Å²) in [6.07, 6.45) is 8.45. The minimum absolute atomic E-state index is 0.0156. The van der Waals surface area contributed by atoms with Crippen LogP contribution in [-0.4, -0.2) is 58.2 Å². The zero-order chi connectivity index (χ0) is 24.9. The highest BCUT2D eigenvalue weighted by Gasteiger charge is 2.43. The second-order valence-electron chi connectivity index (χ2n) is 9.98. The molecule has 1 N–H and O–H groups in total. The van der Waals surface area contributed by atoms with Crippen LogP contribution in [0.5, 0.6) is 5.75 Å². The van der Waals surface area contributed by atoms with Crippen molar-refractivity contribution in [2.75, 3.05) is 13.7 Å². The lowest BCUT2D eigenvalue weighted by Crippen LogP contribution is -2.51. The van der Waals surface area contributed by atoms with Gasteiger partial charge in [0.05, 0.1) is 49.9 Å². The second-order valence-corrected chi connectivity index (χ2v) is 9.98. The Labute approximate surface area is 213 Å². The van der Waals surface area contributed by atoms with E-state index in [-0.39, 0.29) is 37.1 Å². The van der Waals surface area contributed by atoms with Gasteiger partial charge in [0.2, 0.25) is 0 Å². The Morgan fingerprint density at radius 2 is 1.89 bits per heavy atom. The molecular formula is C29H37N3O4. The number of aryl methyl sites for hydroxylation is 2. The molecule has 7 nitrogen and oxygen atoms in total. The van der Waals surface area contributed by atoms with Crippen LogP contribution in [0, 0.1) is 0 Å². The van der Waals surface area contributed by atoms with E-state index in [0.717, 1.165) is 62.0 Å². The van der Waals surface area contributed by atoms with Crippen molar-refractivity contribution in [1.82, 2.24) is 15.0 Å². The summed E-state index contributed by atoms with van der Waals surface area (Å²) in [7, 11) is 1.69. The maximum Gasteiger partial charge on any atom is 0.119 e. The van der Waals surface area contributed by atoms with Crippen LogP contribution >= 0.6 is 0 Å². The Morgan fingerprint density at radius 1 is 1.03 bits per heavy atom. The molecule has 2 saturated heterocycles. The predicted molar refractivity (Wildman–Crippen MR) is 138 cm³/mol. The number of aliphatic hydroxyl groups is 1. The third-order valence-corrected chi connectivity index (χ3v) is 7.49. The number of hydrogen-bond donors (Lipinski definition) is 1. The maximum absolute atomic E-state index is 9.61. The maximum atomic E-state index is 9.61. The van der Waals surface area contributed by atoms with Gasteiger partial charge in [-0.25, -0.2) is 4.68 Å². The fraction of sp³-hybridized carbons (Fsp3) is 0.517. The lowest BCUT2D eigenvalue weighted by molar-refractivity contribution is -0.209. The largest absolute Gasteiger partial charge is 0.497 e. The van der Waals surface area contributed by atoms with Crippen LogP contribution in [0.4, 0.5) is 0 Å². The summed E-state index contributed by atoms with van der Waals surface area (Å²) >= 11 is 0. The molecule has 7 heteroatoms. The van der Waals surface area contributed by atoms with Gasteiger partial charge in [-0.15, -0.1) is 5.10 Å². The van der Waals surface area contributed by atoms with E-state index in [0.29, 0.717) is 0 Å². The van der Waals surface area contributed by atoms with Crippen LogP contribution in [0.1, 0.15) is 56.3 Å². The van der Waals surface area contributed by atoms with Gasteiger partial charge >= 0.3 is 0 Å². The van der Waals surface area contributed by atoms with Crippen molar-refractivity contribution in [2.24, 2.45) is 0 Å². The molecule has 5 rings (SSSR count). The number of hydrogen-bond acceptors (Lipinski definition) is 6. The van der Waals surface area contributed by atoms with Gasteiger partial charge in [-0.05, 0) is 60.9 Å². The van der Waals surface area contributed by atoms with Crippen molar-refractivity contribution in [1.29, 1.82) is 0 Å². The fourth-order valence-electron chi connectivity index (χ4n) is 5.50. The van der Waals surface area contributed by atoms with E-state index in [4.69, 9.17) is 14.2 Å². The van der Waals surface area contributed by atoms with E-state index in [1.807, 2.05) is 16.8 Å². The molecule has 0 unspecified atom stereocenters. The molecule has 192 valence electrons. The van der Waals surface area contributed by atoms with Crippen molar-refractivity contribution in [3.8, 4) is 16.9 Å². The number of aromatic nitrogens is 3. The average Bonchev–Trinajstić information content (AvgIpc) is 3.40. The summed E-state index contributed by atoms with van der Waals surface area (Å²) in [5.74, 6) is 0.863. The molecule has 2 aromatic carbocycles. The topological polar surface area (TPSA) is 78.6 Å². The first-order valence-corrected chi connectivity index (χ1v) is 13.2. The Hall–Kier alpha value is -2.74. The first-order valence-electron chi connectivity index (χ1n) is 13.2. The smallest absolute Gasteiger partial charge is 0.119 e. The van der Waals surface area contributed by atoms with Gasteiger partial charge in [-0.2, -0.15) is 0 Å². The third kappa shape index (κ3) is 5.64. The molecule has 3 heterocycles. The molecule has 0 bridgehead atoms. The second kappa shape index (κ2) is 11.5. The predicted octanol–water partition coefficient (Wildman–Crippen LogP) is 4.78. The Bertz CT molecular complexity index is 1120. The van der Waals surface area contributed by atoms with Crippen molar-refractivity contribution in [3.63, 3.8) is 0 Å². The zero-order valence-electron chi connectivity index (χ0n) is 21.3. The summed E-state index contributed by atoms with van der Waals surface area (Å²) in [6.45, 7) is 2.22. The highest BCUT2D eigenvalue weighted by atomic mass is 16.6. The standard InChI is InChI=1S/C29H37N3O4/c1-3-5-23-18-32(31-30-23)26-17-29-28(15-13-25(19-33)35-29)36-27(26)14-10-20-8-11-21(12-9-20)22-6-4-7-24(16-22)34-2/h4,6-9,11-12,16,18,25-29,33H,3,5,10,13-15,17,19H2,1-2H3/t25-,26+,27-,28+,29+/m1/s1. The molecule has 36 heavy (non-hydrogen) atoms. The van der Waals surface area contributed by atoms with Crippen LogP contribution in [0.3, 0.4) is 0 Å². The van der Waals surface area contributed by atoms with Crippen molar-refractivity contribution in [2.45, 2.75) is 82.3 Å². The first kappa shape index (κ1) is 24.9. The van der Waals surface area contributed by atoms with E-state index >= 15 is 0 Å². The number of benzene rings is 2. The minimum Gasteiger partial charge on any atom is -0.497 e. The van der Waals surface area contributed by atoms with Crippen LogP contribution in [0.2, 0.25) is 0 Å². The number of fused-ring (bicyclic) bond motifs is 1. The van der Waals surface area contributed by atoms with E-state index < -0.39 is 0 Å². The number of methoxy groups -OCH3 is 1.